The molecule has 3 rings (SSSR count). The van der Waals surface area contributed by atoms with Crippen molar-refractivity contribution in [3.05, 3.63) is 54.1 Å². The number of methoxy groups -OCH3 is 2. The number of benzene rings is 2. The van der Waals surface area contributed by atoms with E-state index in [-0.39, 0.29) is 41.5 Å². The number of sulfonamides is 1. The van der Waals surface area contributed by atoms with Gasteiger partial charge in [0.25, 0.3) is 0 Å². The molecule has 0 saturated carbocycles. The largest absolute Gasteiger partial charge is 0.497 e. The van der Waals surface area contributed by atoms with Gasteiger partial charge in [0.2, 0.25) is 21.8 Å². The van der Waals surface area contributed by atoms with E-state index in [4.69, 9.17) is 15.2 Å². The Bertz CT molecular complexity index is 1080. The third kappa shape index (κ3) is 5.82. The van der Waals surface area contributed by atoms with Crippen molar-refractivity contribution in [2.24, 2.45) is 11.7 Å². The maximum absolute atomic E-state index is 13.7. The molecule has 1 saturated heterocycles. The highest BCUT2D eigenvalue weighted by atomic mass is 32.2. The molecule has 10 heteroatoms. The van der Waals surface area contributed by atoms with E-state index >= 15 is 0 Å². The first kappa shape index (κ1) is 24.5. The van der Waals surface area contributed by atoms with Crippen LogP contribution in [0.15, 0.2) is 53.4 Å². The summed E-state index contributed by atoms with van der Waals surface area (Å²) in [4.78, 5) is 26.0. The van der Waals surface area contributed by atoms with Crippen LogP contribution in [0.3, 0.4) is 0 Å². The van der Waals surface area contributed by atoms with Crippen LogP contribution in [0.1, 0.15) is 18.4 Å². The third-order valence-electron chi connectivity index (χ3n) is 5.75. The van der Waals surface area contributed by atoms with Crippen molar-refractivity contribution in [1.29, 1.82) is 0 Å². The number of hydrogen-bond acceptors (Lipinski definition) is 6. The minimum absolute atomic E-state index is 0.00697. The maximum atomic E-state index is 13.7. The average Bonchev–Trinajstić information content (AvgIpc) is 2.83. The fourth-order valence-corrected chi connectivity index (χ4v) is 5.35. The van der Waals surface area contributed by atoms with Crippen LogP contribution < -0.4 is 15.2 Å². The summed E-state index contributed by atoms with van der Waals surface area (Å²) in [5.41, 5.74) is 6.11. The molecule has 0 atom stereocenters. The van der Waals surface area contributed by atoms with Crippen LogP contribution in [0.2, 0.25) is 0 Å². The van der Waals surface area contributed by atoms with Crippen molar-refractivity contribution in [2.45, 2.75) is 24.3 Å². The number of primary amides is 1. The zero-order valence-corrected chi connectivity index (χ0v) is 19.6. The molecule has 0 bridgehead atoms. The minimum atomic E-state index is -4.13. The number of amides is 2. The lowest BCUT2D eigenvalue weighted by Gasteiger charge is -2.32. The molecule has 0 radical (unpaired) electrons. The number of nitrogens with zero attached hydrogens (tertiary/aromatic N) is 2. The number of nitrogens with two attached hydrogens (primary N) is 1. The van der Waals surface area contributed by atoms with Gasteiger partial charge in [-0.2, -0.15) is 4.31 Å². The lowest BCUT2D eigenvalue weighted by atomic mass is 9.96. The van der Waals surface area contributed by atoms with Crippen LogP contribution >= 0.6 is 0 Å². The Kier molecular flexibility index (Phi) is 7.93. The molecule has 33 heavy (non-hydrogen) atoms. The standard InChI is InChI=1S/C23H29N3O6S/c1-31-19-8-9-20(32-2)21(14-19)33(29,30)26(15-17-6-4-3-5-7-17)16-22(27)25-12-10-18(11-13-25)23(24)28/h3-9,14,18H,10-13,15-16H2,1-2H3,(H2,24,28). The number of hydrogen-bond donors (Lipinski definition) is 1. The van der Waals surface area contributed by atoms with Crippen LogP contribution in [-0.4, -0.2) is 63.3 Å². The number of likely N-dealkylation sites (tertiary alicyclic amines) is 1. The van der Waals surface area contributed by atoms with E-state index in [1.54, 1.807) is 23.1 Å². The zero-order valence-electron chi connectivity index (χ0n) is 18.8. The SMILES string of the molecule is COc1ccc(OC)c(S(=O)(=O)N(CC(=O)N2CCC(C(N)=O)CC2)Cc2ccccc2)c1. The predicted molar refractivity (Wildman–Crippen MR) is 122 cm³/mol. The van der Waals surface area contributed by atoms with Crippen molar-refractivity contribution in [2.75, 3.05) is 33.9 Å². The van der Waals surface area contributed by atoms with Crippen molar-refractivity contribution in [1.82, 2.24) is 9.21 Å². The first-order chi connectivity index (χ1) is 15.8. The molecule has 9 nitrogen and oxygen atoms in total. The van der Waals surface area contributed by atoms with Gasteiger partial charge in [0.05, 0.1) is 20.8 Å². The summed E-state index contributed by atoms with van der Waals surface area (Å²) >= 11 is 0. The molecule has 0 spiro atoms. The molecule has 1 heterocycles. The van der Waals surface area contributed by atoms with Gasteiger partial charge in [-0.1, -0.05) is 30.3 Å². The molecular formula is C23H29N3O6S. The van der Waals surface area contributed by atoms with Gasteiger partial charge >= 0.3 is 0 Å². The molecule has 1 aliphatic rings. The van der Waals surface area contributed by atoms with Gasteiger partial charge < -0.3 is 20.1 Å². The van der Waals surface area contributed by atoms with Gasteiger partial charge in [0.1, 0.15) is 16.4 Å². The zero-order chi connectivity index (χ0) is 24.0. The van der Waals surface area contributed by atoms with Crippen LogP contribution in [-0.2, 0) is 26.2 Å². The van der Waals surface area contributed by atoms with E-state index in [1.807, 2.05) is 18.2 Å². The highest BCUT2D eigenvalue weighted by Crippen LogP contribution is 2.31. The maximum Gasteiger partial charge on any atom is 0.247 e. The van der Waals surface area contributed by atoms with Gasteiger partial charge in [0, 0.05) is 31.6 Å². The van der Waals surface area contributed by atoms with Gasteiger partial charge in [0.15, 0.2) is 0 Å². The van der Waals surface area contributed by atoms with E-state index in [0.29, 0.717) is 31.7 Å². The summed E-state index contributed by atoms with van der Waals surface area (Å²) in [6, 6.07) is 13.6. The smallest absolute Gasteiger partial charge is 0.247 e. The summed E-state index contributed by atoms with van der Waals surface area (Å²) in [7, 11) is -1.30. The molecule has 2 aromatic carbocycles. The third-order valence-corrected chi connectivity index (χ3v) is 7.56. The van der Waals surface area contributed by atoms with Crippen molar-refractivity contribution in [3.8, 4) is 11.5 Å². The summed E-state index contributed by atoms with van der Waals surface area (Å²) in [5.74, 6) is -0.462. The number of rotatable bonds is 9. The Balaban J connectivity index is 1.90. The number of carbonyl (C=O) groups is 2. The highest BCUT2D eigenvalue weighted by Gasteiger charge is 2.33. The number of piperidine rings is 1. The Morgan fingerprint density at radius 1 is 1.06 bits per heavy atom. The summed E-state index contributed by atoms with van der Waals surface area (Å²) in [5, 5.41) is 0. The Hall–Kier alpha value is -3.11. The first-order valence-electron chi connectivity index (χ1n) is 10.6. The van der Waals surface area contributed by atoms with E-state index in [1.165, 1.54) is 26.4 Å². The molecular weight excluding hydrogens is 446 g/mol. The van der Waals surface area contributed by atoms with Gasteiger partial charge in [-0.3, -0.25) is 9.59 Å². The monoisotopic (exact) mass is 475 g/mol. The molecule has 0 aromatic heterocycles. The normalized spacial score (nSPS) is 14.8. The molecule has 1 fully saturated rings. The lowest BCUT2D eigenvalue weighted by molar-refractivity contribution is -0.135. The second-order valence-corrected chi connectivity index (χ2v) is 9.74. The number of carbonyl (C=O) groups excluding carboxylic acids is 2. The Labute approximate surface area is 194 Å². The quantitative estimate of drug-likeness (QED) is 0.589. The Morgan fingerprint density at radius 3 is 2.30 bits per heavy atom. The second-order valence-electron chi connectivity index (χ2n) is 7.83. The van der Waals surface area contributed by atoms with Gasteiger partial charge in [-0.05, 0) is 30.5 Å². The van der Waals surface area contributed by atoms with Crippen molar-refractivity contribution in [3.63, 3.8) is 0 Å². The molecule has 2 amide bonds. The lowest BCUT2D eigenvalue weighted by Crippen LogP contribution is -2.46. The summed E-state index contributed by atoms with van der Waals surface area (Å²) in [6.07, 6.45) is 0.937. The minimum Gasteiger partial charge on any atom is -0.497 e. The summed E-state index contributed by atoms with van der Waals surface area (Å²) < 4.78 is 39.0. The van der Waals surface area contributed by atoms with E-state index < -0.39 is 10.0 Å². The van der Waals surface area contributed by atoms with Crippen LogP contribution in [0.4, 0.5) is 0 Å². The van der Waals surface area contributed by atoms with Crippen molar-refractivity contribution >= 4 is 21.8 Å². The Morgan fingerprint density at radius 2 is 1.73 bits per heavy atom. The first-order valence-corrected chi connectivity index (χ1v) is 12.0. The van der Waals surface area contributed by atoms with E-state index in [2.05, 4.69) is 0 Å². The number of ether oxygens (including phenoxy) is 2. The highest BCUT2D eigenvalue weighted by molar-refractivity contribution is 7.89. The van der Waals surface area contributed by atoms with Crippen LogP contribution in [0, 0.1) is 5.92 Å². The van der Waals surface area contributed by atoms with E-state index in [9.17, 15) is 18.0 Å². The summed E-state index contributed by atoms with van der Waals surface area (Å²) in [6.45, 7) is 0.369. The topological polar surface area (TPSA) is 119 Å². The molecule has 178 valence electrons. The fraction of sp³-hybridized carbons (Fsp3) is 0.391. The van der Waals surface area contributed by atoms with E-state index in [0.717, 1.165) is 9.87 Å². The molecule has 2 aromatic rings. The fourth-order valence-electron chi connectivity index (χ4n) is 3.80. The molecule has 0 aliphatic carbocycles. The van der Waals surface area contributed by atoms with Crippen LogP contribution in [0.25, 0.3) is 0 Å². The van der Waals surface area contributed by atoms with Gasteiger partial charge in [-0.15, -0.1) is 0 Å². The molecule has 2 N–H and O–H groups in total. The van der Waals surface area contributed by atoms with Crippen molar-refractivity contribution < 1.29 is 27.5 Å². The van der Waals surface area contributed by atoms with Crippen LogP contribution in [0.5, 0.6) is 11.5 Å². The van der Waals surface area contributed by atoms with Gasteiger partial charge in [-0.25, -0.2) is 8.42 Å². The molecule has 0 unspecified atom stereocenters. The average molecular weight is 476 g/mol. The second kappa shape index (κ2) is 10.7. The predicted octanol–water partition coefficient (Wildman–Crippen LogP) is 1.62. The molecule has 1 aliphatic heterocycles.